The molecule has 0 saturated heterocycles. The molecule has 0 heterocycles. The third-order valence-corrected chi connectivity index (χ3v) is 12.2. The third-order valence-electron chi connectivity index (χ3n) is 12.2. The quantitative estimate of drug-likeness (QED) is 0.0262. The Bertz CT molecular complexity index is 1260. The normalized spacial score (nSPS) is 12.6. The highest BCUT2D eigenvalue weighted by atomic mass is 16.6. The molecule has 0 aliphatic carbocycles. The van der Waals surface area contributed by atoms with Crippen LogP contribution in [0.1, 0.15) is 278 Å². The average Bonchev–Trinajstić information content (AvgIpc) is 3.33. The van der Waals surface area contributed by atoms with Gasteiger partial charge in [0.15, 0.2) is 6.10 Å². The number of hydrogen-bond acceptors (Lipinski definition) is 6. The SMILES string of the molecule is CCCCC/C=C\C/C=C\C/C=C\C/C=C\CCCC(=O)OC[C@H](COC(=O)CCCCCCC/C=C\CCCCCC)OC(=O)CCCCCCCCCCC/C=C\CCCCCCCC. The Labute approximate surface area is 414 Å². The number of allylic oxidation sites excluding steroid dienone is 12. The molecule has 0 aromatic heterocycles. The molecule has 0 rings (SSSR count). The van der Waals surface area contributed by atoms with E-state index in [1.807, 2.05) is 0 Å². The first-order chi connectivity index (χ1) is 33.0. The van der Waals surface area contributed by atoms with Crippen molar-refractivity contribution in [3.8, 4) is 0 Å². The van der Waals surface area contributed by atoms with Crippen LogP contribution in [0.15, 0.2) is 72.9 Å². The average molecular weight is 936 g/mol. The van der Waals surface area contributed by atoms with Crippen molar-refractivity contribution in [2.45, 2.75) is 284 Å². The Morgan fingerprint density at radius 1 is 0.299 bits per heavy atom. The van der Waals surface area contributed by atoms with Crippen LogP contribution in [-0.4, -0.2) is 37.2 Å². The molecule has 0 aromatic rings. The fraction of sp³-hybridized carbons (Fsp3) is 0.754. The van der Waals surface area contributed by atoms with Crippen molar-refractivity contribution in [2.75, 3.05) is 13.2 Å². The highest BCUT2D eigenvalue weighted by Crippen LogP contribution is 2.15. The smallest absolute Gasteiger partial charge is 0.306 e. The summed E-state index contributed by atoms with van der Waals surface area (Å²) >= 11 is 0. The van der Waals surface area contributed by atoms with Gasteiger partial charge in [0.25, 0.3) is 0 Å². The van der Waals surface area contributed by atoms with Crippen LogP contribution in [0.25, 0.3) is 0 Å². The summed E-state index contributed by atoms with van der Waals surface area (Å²) in [5.41, 5.74) is 0. The zero-order valence-corrected chi connectivity index (χ0v) is 44.2. The first-order valence-electron chi connectivity index (χ1n) is 28.4. The summed E-state index contributed by atoms with van der Waals surface area (Å²) in [6, 6.07) is 0. The number of carbonyl (C=O) groups is 3. The molecular weight excluding hydrogens is 829 g/mol. The van der Waals surface area contributed by atoms with E-state index < -0.39 is 6.10 Å². The summed E-state index contributed by atoms with van der Waals surface area (Å²) in [5.74, 6) is -0.959. The van der Waals surface area contributed by atoms with Crippen LogP contribution in [0.2, 0.25) is 0 Å². The Morgan fingerprint density at radius 2 is 0.552 bits per heavy atom. The lowest BCUT2D eigenvalue weighted by molar-refractivity contribution is -0.167. The minimum atomic E-state index is -0.801. The lowest BCUT2D eigenvalue weighted by Crippen LogP contribution is -2.30. The number of esters is 3. The standard InChI is InChI=1S/C61H106O6/c1-4-7-10-13-16-19-22-25-27-29-30-32-34-37-40-43-46-49-52-55-61(64)67-58(56-65-59(62)53-50-47-44-41-38-35-24-21-18-15-12-9-6-3)57-66-60(63)54-51-48-45-42-39-36-33-31-28-26-23-20-17-14-11-8-5-2/h17,20-21,24-28,33,36,42,45,58H,4-16,18-19,22-23,29-32,34-35,37-41,43-44,46-57H2,1-3H3/b20-17-,24-21-,27-25-,28-26-,36-33-,45-42-/t58-/m0/s1. The van der Waals surface area contributed by atoms with Gasteiger partial charge in [-0.25, -0.2) is 0 Å². The summed E-state index contributed by atoms with van der Waals surface area (Å²) < 4.78 is 16.8. The number of unbranched alkanes of at least 4 members (excludes halogenated alkanes) is 28. The third kappa shape index (κ3) is 53.7. The van der Waals surface area contributed by atoms with E-state index in [0.717, 1.165) is 70.6 Å². The summed E-state index contributed by atoms with van der Waals surface area (Å²) in [4.78, 5) is 38.1. The summed E-state index contributed by atoms with van der Waals surface area (Å²) in [6.07, 6.45) is 70.4. The van der Waals surface area contributed by atoms with Crippen molar-refractivity contribution in [1.29, 1.82) is 0 Å². The highest BCUT2D eigenvalue weighted by Gasteiger charge is 2.19. The van der Waals surface area contributed by atoms with Gasteiger partial charge in [0.2, 0.25) is 0 Å². The molecule has 0 radical (unpaired) electrons. The summed E-state index contributed by atoms with van der Waals surface area (Å²) in [5, 5.41) is 0. The van der Waals surface area contributed by atoms with E-state index >= 15 is 0 Å². The second-order valence-corrected chi connectivity index (χ2v) is 18.8. The molecule has 0 aliphatic rings. The minimum absolute atomic E-state index is 0.0969. The van der Waals surface area contributed by atoms with Crippen molar-refractivity contribution in [1.82, 2.24) is 0 Å². The van der Waals surface area contributed by atoms with Gasteiger partial charge in [0, 0.05) is 19.3 Å². The molecule has 0 unspecified atom stereocenters. The van der Waals surface area contributed by atoms with Gasteiger partial charge in [-0.3, -0.25) is 14.4 Å². The van der Waals surface area contributed by atoms with Gasteiger partial charge < -0.3 is 14.2 Å². The first-order valence-corrected chi connectivity index (χ1v) is 28.4. The van der Waals surface area contributed by atoms with Gasteiger partial charge in [-0.2, -0.15) is 0 Å². The molecule has 6 nitrogen and oxygen atoms in total. The van der Waals surface area contributed by atoms with Gasteiger partial charge in [0.05, 0.1) is 0 Å². The Balaban J connectivity index is 4.45. The molecule has 0 N–H and O–H groups in total. The number of rotatable bonds is 51. The zero-order chi connectivity index (χ0) is 48.6. The van der Waals surface area contributed by atoms with Gasteiger partial charge in [-0.1, -0.05) is 222 Å². The maximum absolute atomic E-state index is 12.8. The van der Waals surface area contributed by atoms with E-state index in [1.54, 1.807) is 0 Å². The van der Waals surface area contributed by atoms with Crippen LogP contribution in [0.4, 0.5) is 0 Å². The highest BCUT2D eigenvalue weighted by molar-refractivity contribution is 5.71. The summed E-state index contributed by atoms with van der Waals surface area (Å²) in [7, 11) is 0. The molecular formula is C61H106O6. The largest absolute Gasteiger partial charge is 0.462 e. The molecule has 67 heavy (non-hydrogen) atoms. The Hall–Kier alpha value is -3.15. The van der Waals surface area contributed by atoms with Crippen molar-refractivity contribution in [2.24, 2.45) is 0 Å². The fourth-order valence-electron chi connectivity index (χ4n) is 7.84. The van der Waals surface area contributed by atoms with Gasteiger partial charge in [-0.15, -0.1) is 0 Å². The number of carbonyl (C=O) groups excluding carboxylic acids is 3. The van der Waals surface area contributed by atoms with Crippen molar-refractivity contribution < 1.29 is 28.6 Å². The molecule has 6 heteroatoms. The van der Waals surface area contributed by atoms with E-state index in [2.05, 4.69) is 93.7 Å². The molecule has 386 valence electrons. The maximum Gasteiger partial charge on any atom is 0.306 e. The van der Waals surface area contributed by atoms with E-state index in [0.29, 0.717) is 19.3 Å². The lowest BCUT2D eigenvalue weighted by Gasteiger charge is -2.18. The lowest BCUT2D eigenvalue weighted by atomic mass is 10.1. The van der Waals surface area contributed by atoms with Crippen molar-refractivity contribution >= 4 is 17.9 Å². The van der Waals surface area contributed by atoms with E-state index in [-0.39, 0.29) is 37.5 Å². The maximum atomic E-state index is 12.8. The van der Waals surface area contributed by atoms with Crippen LogP contribution < -0.4 is 0 Å². The van der Waals surface area contributed by atoms with Gasteiger partial charge >= 0.3 is 17.9 Å². The monoisotopic (exact) mass is 935 g/mol. The Kier molecular flexibility index (Phi) is 52.8. The fourth-order valence-corrected chi connectivity index (χ4v) is 7.84. The second-order valence-electron chi connectivity index (χ2n) is 18.8. The molecule has 0 bridgehead atoms. The van der Waals surface area contributed by atoms with Crippen molar-refractivity contribution in [3.63, 3.8) is 0 Å². The first kappa shape index (κ1) is 63.8. The van der Waals surface area contributed by atoms with Gasteiger partial charge in [-0.05, 0) is 109 Å². The molecule has 0 fully saturated rings. The molecule has 1 atom stereocenters. The van der Waals surface area contributed by atoms with Crippen LogP contribution in [0.3, 0.4) is 0 Å². The number of ether oxygens (including phenoxy) is 3. The van der Waals surface area contributed by atoms with Crippen LogP contribution in [0.5, 0.6) is 0 Å². The van der Waals surface area contributed by atoms with Crippen LogP contribution in [-0.2, 0) is 28.6 Å². The van der Waals surface area contributed by atoms with E-state index in [4.69, 9.17) is 14.2 Å². The predicted molar refractivity (Wildman–Crippen MR) is 288 cm³/mol. The van der Waals surface area contributed by atoms with Gasteiger partial charge in [0.1, 0.15) is 13.2 Å². The van der Waals surface area contributed by atoms with Crippen LogP contribution in [0, 0.1) is 0 Å². The van der Waals surface area contributed by atoms with E-state index in [1.165, 1.54) is 161 Å². The van der Waals surface area contributed by atoms with Crippen molar-refractivity contribution in [3.05, 3.63) is 72.9 Å². The van der Waals surface area contributed by atoms with Crippen LogP contribution >= 0.6 is 0 Å². The molecule has 0 spiro atoms. The molecule has 0 aliphatic heterocycles. The molecule has 0 saturated carbocycles. The zero-order valence-electron chi connectivity index (χ0n) is 44.2. The van der Waals surface area contributed by atoms with E-state index in [9.17, 15) is 14.4 Å². The molecule has 0 amide bonds. The minimum Gasteiger partial charge on any atom is -0.462 e. The Morgan fingerprint density at radius 3 is 0.955 bits per heavy atom. The molecule has 0 aromatic carbocycles. The number of hydrogen-bond donors (Lipinski definition) is 0. The summed E-state index contributed by atoms with van der Waals surface area (Å²) in [6.45, 7) is 6.55. The second kappa shape index (κ2) is 55.4. The predicted octanol–water partition coefficient (Wildman–Crippen LogP) is 19.0. The topological polar surface area (TPSA) is 78.9 Å².